The summed E-state index contributed by atoms with van der Waals surface area (Å²) in [4.78, 5) is 146. The molecule has 0 radical (unpaired) electrons. The lowest BCUT2D eigenvalue weighted by Crippen LogP contribution is -2.16. The van der Waals surface area contributed by atoms with Crippen molar-refractivity contribution in [2.24, 2.45) is 0 Å². The fourth-order valence-electron chi connectivity index (χ4n) is 13.5. The van der Waals surface area contributed by atoms with Crippen molar-refractivity contribution in [2.75, 3.05) is 73.2 Å². The highest BCUT2D eigenvalue weighted by Gasteiger charge is 2.28. The lowest BCUT2D eigenvalue weighted by molar-refractivity contribution is -0.138. The van der Waals surface area contributed by atoms with Crippen LogP contribution >= 0.6 is 0 Å². The summed E-state index contributed by atoms with van der Waals surface area (Å²) in [6.45, 7) is 20.9. The maximum atomic E-state index is 15.0. The average molecular weight is 1940 g/mol. The van der Waals surface area contributed by atoms with Crippen LogP contribution in [0.1, 0.15) is 252 Å². The van der Waals surface area contributed by atoms with Crippen molar-refractivity contribution in [1.29, 1.82) is 0 Å². The zero-order chi connectivity index (χ0) is 101. The van der Waals surface area contributed by atoms with Crippen molar-refractivity contribution < 1.29 is 143 Å². The molecule has 0 spiro atoms. The Hall–Kier alpha value is -15.3. The van der Waals surface area contributed by atoms with Crippen LogP contribution in [0.4, 0.5) is 0 Å². The number of esters is 11. The highest BCUT2D eigenvalue weighted by molar-refractivity contribution is 6.00. The Bertz CT molecular complexity index is 5570. The first-order valence-electron chi connectivity index (χ1n) is 47.4. The number of methoxy groups -OCH3 is 1. The minimum absolute atomic E-state index is 0.0286. The third-order valence-corrected chi connectivity index (χ3v) is 21.2. The van der Waals surface area contributed by atoms with E-state index < -0.39 is 72.0 Å². The van der Waals surface area contributed by atoms with Crippen molar-refractivity contribution in [2.45, 2.75) is 174 Å². The Morgan fingerprint density at radius 1 is 0.234 bits per heavy atom. The quantitative estimate of drug-likeness (QED) is 0.00853. The van der Waals surface area contributed by atoms with E-state index in [1.54, 1.807) is 60.7 Å². The fourth-order valence-corrected chi connectivity index (χ4v) is 13.5. The average Bonchev–Trinajstić information content (AvgIpc) is 0.809. The molecule has 0 saturated heterocycles. The van der Waals surface area contributed by atoms with Gasteiger partial charge in [-0.3, -0.25) is 0 Å². The minimum atomic E-state index is -1.13. The monoisotopic (exact) mass is 1930 g/mol. The van der Waals surface area contributed by atoms with E-state index >= 15 is 4.79 Å². The van der Waals surface area contributed by atoms with E-state index in [0.29, 0.717) is 120 Å². The van der Waals surface area contributed by atoms with Crippen LogP contribution < -0.4 is 66.3 Å². The number of carbonyl (C=O) groups excluding carboxylic acids is 11. The van der Waals surface area contributed by atoms with Gasteiger partial charge in [0.05, 0.1) is 93.9 Å². The molecule has 1 atom stereocenters. The number of ether oxygens (including phenoxy) is 19. The summed E-state index contributed by atoms with van der Waals surface area (Å²) in [6.07, 6.45) is 22.4. The van der Waals surface area contributed by atoms with Crippen LogP contribution in [0.2, 0.25) is 0 Å². The zero-order valence-corrected chi connectivity index (χ0v) is 80.0. The minimum Gasteiger partial charge on any atom is -0.494 e. The number of benzene rings is 9. The van der Waals surface area contributed by atoms with Crippen LogP contribution in [0, 0.1) is 0 Å². The largest absolute Gasteiger partial charge is 0.494 e. The van der Waals surface area contributed by atoms with E-state index in [9.17, 15) is 47.9 Å². The van der Waals surface area contributed by atoms with E-state index in [0.717, 1.165) is 133 Å². The molecule has 0 amide bonds. The van der Waals surface area contributed by atoms with Crippen molar-refractivity contribution in [3.8, 4) is 80.5 Å². The van der Waals surface area contributed by atoms with Gasteiger partial charge in [-0.05, 0) is 298 Å². The summed E-state index contributed by atoms with van der Waals surface area (Å²) in [5.74, 6) is -7.29. The molecule has 0 bridgehead atoms. The molecule has 0 N–H and O–H groups in total. The second kappa shape index (κ2) is 61.8. The van der Waals surface area contributed by atoms with Crippen molar-refractivity contribution in [1.82, 2.24) is 0 Å². The predicted molar refractivity (Wildman–Crippen MR) is 523 cm³/mol. The molecule has 0 saturated carbocycles. The van der Waals surface area contributed by atoms with Gasteiger partial charge in [-0.1, -0.05) is 78.7 Å². The van der Waals surface area contributed by atoms with E-state index in [4.69, 9.17) is 90.0 Å². The molecule has 9 aromatic rings. The number of unbranched alkanes of at least 4 members (excludes halogenated alkanes) is 18. The second-order valence-electron chi connectivity index (χ2n) is 32.0. The van der Waals surface area contributed by atoms with Crippen LogP contribution in [0.5, 0.6) is 80.5 Å². The maximum absolute atomic E-state index is 15.0. The highest BCUT2D eigenvalue weighted by atomic mass is 16.7. The Labute approximate surface area is 821 Å². The van der Waals surface area contributed by atoms with Gasteiger partial charge < -0.3 is 90.0 Å². The highest BCUT2D eigenvalue weighted by Crippen LogP contribution is 2.39. The van der Waals surface area contributed by atoms with Gasteiger partial charge >= 0.3 is 65.7 Å². The zero-order valence-electron chi connectivity index (χ0n) is 80.0. The predicted octanol–water partition coefficient (Wildman–Crippen LogP) is 22.5. The van der Waals surface area contributed by atoms with Crippen LogP contribution in [-0.2, 0) is 42.9 Å². The lowest BCUT2D eigenvalue weighted by Gasteiger charge is -2.21. The first-order chi connectivity index (χ1) is 68.7. The number of hydrogen-bond acceptors (Lipinski definition) is 30. The van der Waals surface area contributed by atoms with Crippen molar-refractivity contribution in [3.05, 3.63) is 289 Å². The summed E-state index contributed by atoms with van der Waals surface area (Å²) < 4.78 is 110. The van der Waals surface area contributed by atoms with Crippen molar-refractivity contribution in [3.63, 3.8) is 0 Å². The molecule has 141 heavy (non-hydrogen) atoms. The molecule has 0 fully saturated rings. The first kappa shape index (κ1) is 109. The Balaban J connectivity index is 0.911. The normalized spacial score (nSPS) is 10.9. The third-order valence-electron chi connectivity index (χ3n) is 21.2. The van der Waals surface area contributed by atoms with Gasteiger partial charge in [-0.15, -0.1) is 0 Å². The van der Waals surface area contributed by atoms with Gasteiger partial charge in [0.15, 0.2) is 23.0 Å². The number of carbonyl (C=O) groups is 11. The Kier molecular flexibility index (Phi) is 47.9. The molecule has 30 nitrogen and oxygen atoms in total. The standard InChI is InChI=1S/C111H122O30/c1-8-14-16-26-68-128-96-62-58-90(76-98(96)139-109(121)92-74-88(134-106(118)80-40-48-84(49-41-80)124-64-28-18-22-32-70-130-100(112)10-3)56-60-94(92)138-108(120)82-44-52-86(53-45-82)126-66-30-20-24-34-72-132-102(114)12-5)136-104(116)78-36-38-79(39-37-78)105(117)137-91-59-63-97(129-69-27-17-15-9-2)99(77-91)140-110(122)93-75-89(135-107(119)81-42-50-85(51-43-81)125-65-29-19-23-33-71-131-101(113)11-4)57-61-95(93)141-111(123-7)83-46-54-87(55-47-83)127-67-31-21-25-35-73-133-103(115)13-6/h10-13,36-63,74-77,111H,3-6,8-9,14-35,64-73H2,1-2,7H3. The van der Waals surface area contributed by atoms with E-state index in [1.165, 1.54) is 141 Å². The van der Waals surface area contributed by atoms with Gasteiger partial charge in [0.25, 0.3) is 0 Å². The van der Waals surface area contributed by atoms with Crippen LogP contribution in [0.15, 0.2) is 245 Å². The summed E-state index contributed by atoms with van der Waals surface area (Å²) in [5, 5.41) is 0. The topological polar surface area (TPSA) is 363 Å². The molecule has 0 aliphatic carbocycles. The summed E-state index contributed by atoms with van der Waals surface area (Å²) in [7, 11) is 1.42. The SMILES string of the molecule is C=CC(=O)OCCCCCCOc1ccc(C(=O)Oc2ccc(OC(=O)c3ccc(OCCCCCCOC(=O)C=C)cc3)c(C(=O)Oc3cc(OC(=O)c4ccc(C(=O)Oc5ccc(OCCCCCC)c(OC(=O)c6cc(OC(=O)c7ccc(OCCCCCCOC(=O)C=C)cc7)ccc6OC(OC)c6ccc(OCCCCCCOC(=O)C=C)cc6)c5)cc4)ccc3OCCCCCC)c2)cc1. The maximum Gasteiger partial charge on any atom is 0.347 e. The molecule has 30 heteroatoms. The molecule has 746 valence electrons. The molecular formula is C111H122O30. The Morgan fingerprint density at radius 2 is 0.468 bits per heavy atom. The third kappa shape index (κ3) is 39.2. The molecule has 9 rings (SSSR count). The molecule has 0 aromatic heterocycles. The Morgan fingerprint density at radius 3 is 0.766 bits per heavy atom. The molecule has 1 unspecified atom stereocenters. The summed E-state index contributed by atoms with van der Waals surface area (Å²) in [5.41, 5.74) is 0.227. The van der Waals surface area contributed by atoms with E-state index in [-0.39, 0.29) is 116 Å². The van der Waals surface area contributed by atoms with Gasteiger partial charge in [0.2, 0.25) is 6.29 Å². The van der Waals surface area contributed by atoms with Gasteiger partial charge in [-0.25, -0.2) is 52.7 Å². The molecule has 0 heterocycles. The second-order valence-corrected chi connectivity index (χ2v) is 32.0. The van der Waals surface area contributed by atoms with Gasteiger partial charge in [0, 0.05) is 49.1 Å². The molecule has 9 aromatic carbocycles. The van der Waals surface area contributed by atoms with Crippen LogP contribution in [0.3, 0.4) is 0 Å². The summed E-state index contributed by atoms with van der Waals surface area (Å²) in [6, 6.07) is 47.2. The van der Waals surface area contributed by atoms with Gasteiger partial charge in [0.1, 0.15) is 68.6 Å². The van der Waals surface area contributed by atoms with E-state index in [2.05, 4.69) is 40.2 Å². The lowest BCUT2D eigenvalue weighted by atomic mass is 10.1. The van der Waals surface area contributed by atoms with E-state index in [1.807, 2.05) is 0 Å². The summed E-state index contributed by atoms with van der Waals surface area (Å²) >= 11 is 0. The molecule has 0 aliphatic heterocycles. The van der Waals surface area contributed by atoms with Crippen LogP contribution in [-0.4, -0.2) is 139 Å². The molecule has 0 aliphatic rings. The smallest absolute Gasteiger partial charge is 0.347 e. The van der Waals surface area contributed by atoms with Crippen LogP contribution in [0.25, 0.3) is 0 Å². The molecular weight excluding hydrogens is 1810 g/mol. The first-order valence-corrected chi connectivity index (χ1v) is 47.4. The fraction of sp³-hybridized carbons (Fsp3) is 0.342. The van der Waals surface area contributed by atoms with Crippen molar-refractivity contribution >= 4 is 65.7 Å². The number of rotatable bonds is 66. The van der Waals surface area contributed by atoms with Gasteiger partial charge in [-0.2, -0.15) is 0 Å². The number of hydrogen-bond donors (Lipinski definition) is 0.